The first kappa shape index (κ1) is 6.47. The third-order valence-electron chi connectivity index (χ3n) is 4.21. The Morgan fingerprint density at radius 3 is 2.64 bits per heavy atom. The van der Waals surface area contributed by atoms with Gasteiger partial charge in [-0.1, -0.05) is 12.8 Å². The molecule has 4 unspecified atom stereocenters. The van der Waals surface area contributed by atoms with Crippen molar-refractivity contribution in [1.82, 2.24) is 5.32 Å². The van der Waals surface area contributed by atoms with Gasteiger partial charge in [-0.2, -0.15) is 0 Å². The minimum Gasteiger partial charge on any atom is -0.313 e. The Hall–Kier alpha value is -0.0400. The van der Waals surface area contributed by atoms with E-state index in [0.29, 0.717) is 0 Å². The smallest absolute Gasteiger partial charge is 0.0138 e. The Bertz CT molecular complexity index is 166. The van der Waals surface area contributed by atoms with Crippen molar-refractivity contribution in [3.8, 4) is 0 Å². The van der Waals surface area contributed by atoms with Crippen molar-refractivity contribution in [2.45, 2.75) is 38.1 Å². The molecule has 62 valence electrons. The quantitative estimate of drug-likeness (QED) is 0.556. The molecule has 1 nitrogen and oxygen atoms in total. The second-order valence-corrected chi connectivity index (χ2v) is 4.63. The van der Waals surface area contributed by atoms with Crippen LogP contribution >= 0.6 is 0 Å². The molecule has 3 fully saturated rings. The van der Waals surface area contributed by atoms with E-state index in [-0.39, 0.29) is 0 Å². The van der Waals surface area contributed by atoms with E-state index in [1.807, 2.05) is 0 Å². The zero-order valence-corrected chi connectivity index (χ0v) is 7.05. The van der Waals surface area contributed by atoms with E-state index in [9.17, 15) is 0 Å². The Kier molecular flexibility index (Phi) is 1.31. The fourth-order valence-electron chi connectivity index (χ4n) is 3.53. The van der Waals surface area contributed by atoms with E-state index in [2.05, 4.69) is 5.32 Å². The lowest BCUT2D eigenvalue weighted by atomic mass is 9.68. The minimum atomic E-state index is 0.955. The van der Waals surface area contributed by atoms with Gasteiger partial charge in [0.15, 0.2) is 0 Å². The summed E-state index contributed by atoms with van der Waals surface area (Å²) in [5.41, 5.74) is 0. The lowest BCUT2D eigenvalue weighted by Crippen LogP contribution is -2.59. The molecule has 0 spiro atoms. The largest absolute Gasteiger partial charge is 0.313 e. The molecule has 0 amide bonds. The van der Waals surface area contributed by atoms with Crippen LogP contribution in [0.5, 0.6) is 0 Å². The third-order valence-corrected chi connectivity index (χ3v) is 4.21. The molecule has 11 heavy (non-hydrogen) atoms. The SMILES string of the molecule is C1CC2CCC3CNC3C2C1. The molecule has 0 aromatic rings. The fraction of sp³-hybridized carbons (Fsp3) is 1.00. The average molecular weight is 151 g/mol. The van der Waals surface area contributed by atoms with E-state index in [1.165, 1.54) is 32.2 Å². The van der Waals surface area contributed by atoms with Crippen molar-refractivity contribution in [1.29, 1.82) is 0 Å². The van der Waals surface area contributed by atoms with Gasteiger partial charge in [-0.15, -0.1) is 0 Å². The van der Waals surface area contributed by atoms with Gasteiger partial charge in [0.1, 0.15) is 0 Å². The zero-order valence-electron chi connectivity index (χ0n) is 7.05. The van der Waals surface area contributed by atoms with Gasteiger partial charge >= 0.3 is 0 Å². The Morgan fingerprint density at radius 2 is 1.82 bits per heavy atom. The molecule has 4 atom stereocenters. The molecule has 1 heteroatoms. The third kappa shape index (κ3) is 0.807. The fourth-order valence-corrected chi connectivity index (χ4v) is 3.53. The maximum absolute atomic E-state index is 3.62. The zero-order chi connectivity index (χ0) is 7.26. The highest BCUT2D eigenvalue weighted by molar-refractivity contribution is 5.00. The van der Waals surface area contributed by atoms with E-state index >= 15 is 0 Å². The van der Waals surface area contributed by atoms with E-state index in [4.69, 9.17) is 0 Å². The molecule has 0 radical (unpaired) electrons. The summed E-state index contributed by atoms with van der Waals surface area (Å²) in [7, 11) is 0. The van der Waals surface area contributed by atoms with Gasteiger partial charge in [-0.3, -0.25) is 0 Å². The predicted octanol–water partition coefficient (Wildman–Crippen LogP) is 1.78. The maximum atomic E-state index is 3.62. The van der Waals surface area contributed by atoms with Crippen molar-refractivity contribution in [3.63, 3.8) is 0 Å². The highest BCUT2D eigenvalue weighted by Gasteiger charge is 2.45. The summed E-state index contributed by atoms with van der Waals surface area (Å²) in [4.78, 5) is 0. The molecule has 1 heterocycles. The van der Waals surface area contributed by atoms with Crippen molar-refractivity contribution in [2.75, 3.05) is 6.54 Å². The van der Waals surface area contributed by atoms with Crippen LogP contribution in [0.2, 0.25) is 0 Å². The molecule has 2 aliphatic carbocycles. The second kappa shape index (κ2) is 2.22. The number of rotatable bonds is 0. The topological polar surface area (TPSA) is 12.0 Å². The van der Waals surface area contributed by atoms with Crippen LogP contribution in [-0.2, 0) is 0 Å². The monoisotopic (exact) mass is 151 g/mol. The van der Waals surface area contributed by atoms with Crippen LogP contribution in [0.1, 0.15) is 32.1 Å². The number of nitrogens with one attached hydrogen (secondary N) is 1. The van der Waals surface area contributed by atoms with Crippen molar-refractivity contribution < 1.29 is 0 Å². The normalized spacial score (nSPS) is 54.5. The van der Waals surface area contributed by atoms with Gasteiger partial charge in [0.2, 0.25) is 0 Å². The van der Waals surface area contributed by atoms with Crippen molar-refractivity contribution in [2.24, 2.45) is 17.8 Å². The lowest BCUT2D eigenvalue weighted by molar-refractivity contribution is 0.0732. The van der Waals surface area contributed by atoms with Crippen LogP contribution in [0.25, 0.3) is 0 Å². The maximum Gasteiger partial charge on any atom is 0.0138 e. The molecule has 2 saturated carbocycles. The van der Waals surface area contributed by atoms with E-state index < -0.39 is 0 Å². The number of fused-ring (bicyclic) bond motifs is 3. The lowest BCUT2D eigenvalue weighted by Gasteiger charge is -2.48. The Balaban J connectivity index is 1.79. The predicted molar refractivity (Wildman–Crippen MR) is 45.3 cm³/mol. The van der Waals surface area contributed by atoms with Crippen molar-refractivity contribution >= 4 is 0 Å². The number of hydrogen-bond acceptors (Lipinski definition) is 1. The van der Waals surface area contributed by atoms with Crippen LogP contribution in [0.15, 0.2) is 0 Å². The van der Waals surface area contributed by atoms with Crippen LogP contribution in [0, 0.1) is 17.8 Å². The van der Waals surface area contributed by atoms with Gasteiger partial charge in [0.05, 0.1) is 0 Å². The summed E-state index contributed by atoms with van der Waals surface area (Å²) < 4.78 is 0. The Morgan fingerprint density at radius 1 is 0.909 bits per heavy atom. The first-order chi connectivity index (χ1) is 5.45. The summed E-state index contributed by atoms with van der Waals surface area (Å²) in [5, 5.41) is 3.62. The first-order valence-electron chi connectivity index (χ1n) is 5.18. The van der Waals surface area contributed by atoms with Crippen LogP contribution < -0.4 is 5.32 Å². The van der Waals surface area contributed by atoms with Gasteiger partial charge < -0.3 is 5.32 Å². The summed E-state index contributed by atoms with van der Waals surface area (Å²) in [6.45, 7) is 1.33. The molecule has 0 bridgehead atoms. The molecule has 3 rings (SSSR count). The second-order valence-electron chi connectivity index (χ2n) is 4.63. The van der Waals surface area contributed by atoms with E-state index in [1.54, 1.807) is 6.42 Å². The van der Waals surface area contributed by atoms with Crippen LogP contribution in [0.3, 0.4) is 0 Å². The van der Waals surface area contributed by atoms with E-state index in [0.717, 1.165) is 23.8 Å². The summed E-state index contributed by atoms with van der Waals surface area (Å²) in [5.74, 6) is 3.28. The van der Waals surface area contributed by atoms with Gasteiger partial charge in [0, 0.05) is 6.04 Å². The summed E-state index contributed by atoms with van der Waals surface area (Å²) >= 11 is 0. The molecule has 0 aromatic carbocycles. The van der Waals surface area contributed by atoms with Crippen LogP contribution in [0.4, 0.5) is 0 Å². The molecule has 1 N–H and O–H groups in total. The summed E-state index contributed by atoms with van der Waals surface area (Å²) in [6.07, 6.45) is 7.65. The molecule has 3 aliphatic rings. The number of hydrogen-bond donors (Lipinski definition) is 1. The first-order valence-corrected chi connectivity index (χ1v) is 5.18. The molecule has 0 aromatic heterocycles. The minimum absolute atomic E-state index is 0.955. The van der Waals surface area contributed by atoms with Crippen molar-refractivity contribution in [3.05, 3.63) is 0 Å². The standard InChI is InChI=1S/C10H17N/c1-2-7-4-5-8-6-11-10(8)9(7)3-1/h7-11H,1-6H2. The molecule has 1 aliphatic heterocycles. The van der Waals surface area contributed by atoms with Crippen LogP contribution in [-0.4, -0.2) is 12.6 Å². The highest BCUT2D eigenvalue weighted by Crippen LogP contribution is 2.46. The average Bonchev–Trinajstić information content (AvgIpc) is 2.34. The Labute approximate surface area is 68.6 Å². The highest BCUT2D eigenvalue weighted by atomic mass is 15.0. The molecule has 1 saturated heterocycles. The molecular weight excluding hydrogens is 134 g/mol. The summed E-state index contributed by atoms with van der Waals surface area (Å²) in [6, 6.07) is 0.955. The van der Waals surface area contributed by atoms with Gasteiger partial charge in [-0.25, -0.2) is 0 Å². The van der Waals surface area contributed by atoms with Gasteiger partial charge in [-0.05, 0) is 43.6 Å². The van der Waals surface area contributed by atoms with Gasteiger partial charge in [0.25, 0.3) is 0 Å². The molecular formula is C10H17N.